The zero-order valence-corrected chi connectivity index (χ0v) is 6.12. The van der Waals surface area contributed by atoms with Crippen molar-refractivity contribution < 1.29 is 18.0 Å². The van der Waals surface area contributed by atoms with E-state index in [0.29, 0.717) is 0 Å². The third-order valence-corrected chi connectivity index (χ3v) is 1.91. The predicted octanol–water partition coefficient (Wildman–Crippen LogP) is 1.07. The van der Waals surface area contributed by atoms with Gasteiger partial charge in [0.15, 0.2) is 0 Å². The minimum atomic E-state index is -4.32. The van der Waals surface area contributed by atoms with Crippen LogP contribution in [0.5, 0.6) is 0 Å². The lowest BCUT2D eigenvalue weighted by Gasteiger charge is -2.44. The third-order valence-electron chi connectivity index (χ3n) is 1.91. The Hall–Kier alpha value is -0.740. The van der Waals surface area contributed by atoms with Crippen LogP contribution < -0.4 is 5.32 Å². The molecule has 1 aliphatic heterocycles. The molecule has 1 saturated heterocycles. The second-order valence-corrected chi connectivity index (χ2v) is 3.17. The first-order chi connectivity index (χ1) is 4.76. The van der Waals surface area contributed by atoms with Crippen molar-refractivity contribution in [3.8, 4) is 0 Å². The van der Waals surface area contributed by atoms with Gasteiger partial charge in [0.05, 0.1) is 5.41 Å². The number of carbonyl (C=O) groups excluding carboxylic acids is 1. The van der Waals surface area contributed by atoms with Crippen LogP contribution in [0.2, 0.25) is 0 Å². The van der Waals surface area contributed by atoms with Crippen molar-refractivity contribution in [3.63, 3.8) is 0 Å². The Labute approximate surface area is 61.8 Å². The van der Waals surface area contributed by atoms with Gasteiger partial charge in [0.1, 0.15) is 6.04 Å². The molecular formula is C6H8F3NO. The first-order valence-corrected chi connectivity index (χ1v) is 3.14. The van der Waals surface area contributed by atoms with Gasteiger partial charge in [0.2, 0.25) is 5.91 Å². The number of hydrogen-bond donors (Lipinski definition) is 1. The Bertz CT molecular complexity index is 196. The molecule has 1 atom stereocenters. The van der Waals surface area contributed by atoms with Gasteiger partial charge < -0.3 is 5.32 Å². The first-order valence-electron chi connectivity index (χ1n) is 3.14. The second-order valence-electron chi connectivity index (χ2n) is 3.17. The Morgan fingerprint density at radius 2 is 1.91 bits per heavy atom. The van der Waals surface area contributed by atoms with Gasteiger partial charge in [-0.2, -0.15) is 13.2 Å². The quantitative estimate of drug-likeness (QED) is 0.537. The van der Waals surface area contributed by atoms with E-state index in [1.807, 2.05) is 5.32 Å². The van der Waals surface area contributed by atoms with Gasteiger partial charge in [-0.3, -0.25) is 4.79 Å². The molecule has 0 spiro atoms. The van der Waals surface area contributed by atoms with Crippen LogP contribution in [-0.4, -0.2) is 18.1 Å². The Balaban J connectivity index is 2.75. The van der Waals surface area contributed by atoms with Crippen molar-refractivity contribution in [1.82, 2.24) is 5.32 Å². The highest BCUT2D eigenvalue weighted by atomic mass is 19.4. The molecule has 0 aromatic carbocycles. The molecule has 0 aromatic heterocycles. The molecule has 5 heteroatoms. The number of carbonyl (C=O) groups is 1. The molecule has 1 aliphatic rings. The fourth-order valence-electron chi connectivity index (χ4n) is 1.04. The Kier molecular flexibility index (Phi) is 1.44. The lowest BCUT2D eigenvalue weighted by Crippen LogP contribution is -2.69. The summed E-state index contributed by atoms with van der Waals surface area (Å²) in [6.07, 6.45) is -4.32. The Morgan fingerprint density at radius 1 is 1.45 bits per heavy atom. The van der Waals surface area contributed by atoms with E-state index in [4.69, 9.17) is 0 Å². The summed E-state index contributed by atoms with van der Waals surface area (Å²) >= 11 is 0. The maximum absolute atomic E-state index is 12.0. The molecule has 0 aromatic rings. The van der Waals surface area contributed by atoms with E-state index in [0.717, 1.165) is 0 Å². The average molecular weight is 167 g/mol. The molecule has 1 heterocycles. The first kappa shape index (κ1) is 8.36. The Morgan fingerprint density at radius 3 is 2.00 bits per heavy atom. The van der Waals surface area contributed by atoms with Gasteiger partial charge in [-0.1, -0.05) is 0 Å². The lowest BCUT2D eigenvalue weighted by molar-refractivity contribution is -0.207. The third kappa shape index (κ3) is 1.08. The van der Waals surface area contributed by atoms with Gasteiger partial charge in [-0.15, -0.1) is 0 Å². The van der Waals surface area contributed by atoms with Crippen molar-refractivity contribution in [3.05, 3.63) is 0 Å². The molecule has 11 heavy (non-hydrogen) atoms. The van der Waals surface area contributed by atoms with Crippen LogP contribution in [0.3, 0.4) is 0 Å². The van der Waals surface area contributed by atoms with E-state index < -0.39 is 23.5 Å². The number of hydrogen-bond acceptors (Lipinski definition) is 1. The van der Waals surface area contributed by atoms with E-state index >= 15 is 0 Å². The number of nitrogens with one attached hydrogen (secondary N) is 1. The average Bonchev–Trinajstić information content (AvgIpc) is 1.80. The van der Waals surface area contributed by atoms with Crippen LogP contribution in [0.15, 0.2) is 0 Å². The fourth-order valence-corrected chi connectivity index (χ4v) is 1.04. The zero-order chi connectivity index (χ0) is 8.86. The molecule has 1 fully saturated rings. The largest absolute Gasteiger partial charge is 0.409 e. The van der Waals surface area contributed by atoms with Crippen molar-refractivity contribution in [1.29, 1.82) is 0 Å². The topological polar surface area (TPSA) is 29.1 Å². The van der Waals surface area contributed by atoms with Crippen LogP contribution >= 0.6 is 0 Å². The normalized spacial score (nSPS) is 29.2. The van der Waals surface area contributed by atoms with E-state index in [1.54, 1.807) is 0 Å². The minimum Gasteiger partial charge on any atom is -0.343 e. The van der Waals surface area contributed by atoms with Gasteiger partial charge in [0, 0.05) is 0 Å². The molecule has 64 valence electrons. The number of β-lactam (4-membered cyclic amide) rings is 1. The maximum Gasteiger partial charge on any atom is 0.409 e. The van der Waals surface area contributed by atoms with Crippen LogP contribution in [0.4, 0.5) is 13.2 Å². The molecule has 2 nitrogen and oxygen atoms in total. The van der Waals surface area contributed by atoms with Crippen LogP contribution in [0.1, 0.15) is 13.8 Å². The summed E-state index contributed by atoms with van der Waals surface area (Å²) in [6, 6.07) is -1.68. The van der Waals surface area contributed by atoms with Gasteiger partial charge in [0.25, 0.3) is 0 Å². The van der Waals surface area contributed by atoms with Crippen molar-refractivity contribution in [2.45, 2.75) is 26.1 Å². The smallest absolute Gasteiger partial charge is 0.343 e. The van der Waals surface area contributed by atoms with E-state index in [9.17, 15) is 18.0 Å². The molecule has 0 radical (unpaired) electrons. The van der Waals surface area contributed by atoms with Gasteiger partial charge >= 0.3 is 6.18 Å². The second kappa shape index (κ2) is 1.89. The summed E-state index contributed by atoms with van der Waals surface area (Å²) in [4.78, 5) is 10.6. The molecule has 0 unspecified atom stereocenters. The highest BCUT2D eigenvalue weighted by Gasteiger charge is 2.60. The molecule has 1 N–H and O–H groups in total. The molecule has 1 amide bonds. The molecule has 0 saturated carbocycles. The number of halogens is 3. The van der Waals surface area contributed by atoms with Crippen molar-refractivity contribution in [2.75, 3.05) is 0 Å². The molecule has 1 rings (SSSR count). The summed E-state index contributed by atoms with van der Waals surface area (Å²) < 4.78 is 35.9. The van der Waals surface area contributed by atoms with Gasteiger partial charge in [-0.25, -0.2) is 0 Å². The van der Waals surface area contributed by atoms with Crippen molar-refractivity contribution >= 4 is 5.91 Å². The predicted molar refractivity (Wildman–Crippen MR) is 31.8 cm³/mol. The van der Waals surface area contributed by atoms with Crippen LogP contribution in [-0.2, 0) is 4.79 Å². The molecule has 0 bridgehead atoms. The SMILES string of the molecule is CC1(C)C(=O)N[C@H]1C(F)(F)F. The van der Waals surface area contributed by atoms with Crippen LogP contribution in [0.25, 0.3) is 0 Å². The summed E-state index contributed by atoms with van der Waals surface area (Å²) in [5, 5.41) is 1.81. The van der Waals surface area contributed by atoms with E-state index in [2.05, 4.69) is 0 Å². The monoisotopic (exact) mass is 167 g/mol. The summed E-state index contributed by atoms with van der Waals surface area (Å²) in [5.74, 6) is -0.542. The van der Waals surface area contributed by atoms with E-state index in [-0.39, 0.29) is 0 Å². The summed E-state index contributed by atoms with van der Waals surface area (Å²) in [7, 11) is 0. The molecule has 0 aliphatic carbocycles. The lowest BCUT2D eigenvalue weighted by atomic mass is 9.76. The van der Waals surface area contributed by atoms with Gasteiger partial charge in [-0.05, 0) is 13.8 Å². The zero-order valence-electron chi connectivity index (χ0n) is 6.12. The molecular weight excluding hydrogens is 159 g/mol. The van der Waals surface area contributed by atoms with E-state index in [1.165, 1.54) is 13.8 Å². The summed E-state index contributed by atoms with van der Waals surface area (Å²) in [6.45, 7) is 2.56. The number of alkyl halides is 3. The number of rotatable bonds is 0. The van der Waals surface area contributed by atoms with Crippen LogP contribution in [0, 0.1) is 5.41 Å². The highest BCUT2D eigenvalue weighted by Crippen LogP contribution is 2.39. The maximum atomic E-state index is 12.0. The fraction of sp³-hybridized carbons (Fsp3) is 0.833. The number of amides is 1. The highest BCUT2D eigenvalue weighted by molar-refractivity contribution is 5.89. The summed E-state index contributed by atoms with van der Waals surface area (Å²) in [5.41, 5.74) is -1.29. The van der Waals surface area contributed by atoms with Crippen molar-refractivity contribution in [2.24, 2.45) is 5.41 Å². The standard InChI is InChI=1S/C6H8F3NO/c1-5(2)3(6(7,8)9)10-4(5)11/h3H,1-2H3,(H,10,11)/t3-/m1/s1. The minimum absolute atomic E-state index is 0.542.